The van der Waals surface area contributed by atoms with Crippen molar-refractivity contribution in [2.45, 2.75) is 34.6 Å². The molecule has 0 unspecified atom stereocenters. The minimum absolute atomic E-state index is 1.34. The molecule has 126 valence electrons. The third-order valence-electron chi connectivity index (χ3n) is 4.02. The van der Waals surface area contributed by atoms with Crippen molar-refractivity contribution in [1.82, 2.24) is 0 Å². The molecule has 0 N–H and O–H groups in total. The van der Waals surface area contributed by atoms with Gasteiger partial charge in [0.05, 0.1) is 0 Å². The second kappa shape index (κ2) is 9.21. The van der Waals surface area contributed by atoms with Crippen LogP contribution < -0.4 is 0 Å². The van der Waals surface area contributed by atoms with Crippen LogP contribution in [-0.2, 0) is 24.2 Å². The van der Waals surface area contributed by atoms with Crippen LogP contribution in [0.3, 0.4) is 0 Å². The Labute approximate surface area is 166 Å². The van der Waals surface area contributed by atoms with Crippen LogP contribution in [0.15, 0.2) is 60.7 Å². The van der Waals surface area contributed by atoms with Gasteiger partial charge in [0.1, 0.15) is 0 Å². The molecule has 0 amide bonds. The van der Waals surface area contributed by atoms with Gasteiger partial charge in [-0.05, 0) is 13.8 Å². The first-order chi connectivity index (χ1) is 11.9. The maximum Gasteiger partial charge on any atom is -0.0414 e. The van der Waals surface area contributed by atoms with Crippen molar-refractivity contribution < 1.29 is 24.2 Å². The molecule has 0 atom stereocenters. The van der Waals surface area contributed by atoms with E-state index >= 15 is 0 Å². The average Bonchev–Trinajstić information content (AvgIpc) is 3.08. The quantitative estimate of drug-likeness (QED) is 0.285. The van der Waals surface area contributed by atoms with Crippen molar-refractivity contribution in [1.29, 1.82) is 0 Å². The molecule has 0 aliphatic carbocycles. The zero-order valence-electron chi connectivity index (χ0n) is 15.9. The Morgan fingerprint density at radius 2 is 1.04 bits per heavy atom. The molecule has 0 radical (unpaired) electrons. The molecule has 0 spiro atoms. The van der Waals surface area contributed by atoms with Crippen molar-refractivity contribution >= 4 is 25.3 Å². The third-order valence-corrected chi connectivity index (χ3v) is 4.02. The normalized spacial score (nSPS) is 10.0. The van der Waals surface area contributed by atoms with Crippen LogP contribution >= 0.6 is 0 Å². The van der Waals surface area contributed by atoms with Gasteiger partial charge in [-0.3, -0.25) is 0 Å². The van der Waals surface area contributed by atoms with Gasteiger partial charge < -0.3 is 0 Å². The molecule has 25 heavy (non-hydrogen) atoms. The second-order valence-electron chi connectivity index (χ2n) is 6.62. The SMILES string of the molecule is C[CH]=[Zr+2].Cc1ccc2[cH-]c(C)cc2c1.Cc1ccc2[cH-]c(C)cc2c1. The summed E-state index contributed by atoms with van der Waals surface area (Å²) in [6, 6.07) is 22.0. The number of benzene rings is 2. The third kappa shape index (κ3) is 5.72. The van der Waals surface area contributed by atoms with Crippen molar-refractivity contribution in [2.24, 2.45) is 0 Å². The van der Waals surface area contributed by atoms with Crippen LogP contribution in [0.2, 0.25) is 0 Å². The van der Waals surface area contributed by atoms with Gasteiger partial charge in [-0.1, -0.05) is 25.0 Å². The molecule has 4 aromatic rings. The minimum Gasteiger partial charge on any atom is -0.165 e. The van der Waals surface area contributed by atoms with E-state index in [9.17, 15) is 0 Å². The van der Waals surface area contributed by atoms with E-state index in [2.05, 4.69) is 92.1 Å². The molecule has 0 nitrogen and oxygen atoms in total. The molecule has 0 saturated carbocycles. The van der Waals surface area contributed by atoms with Crippen LogP contribution in [0.4, 0.5) is 0 Å². The molecule has 1 heteroatoms. The second-order valence-corrected chi connectivity index (χ2v) is 8.04. The summed E-state index contributed by atoms with van der Waals surface area (Å²) in [6.45, 7) is 10.6. The topological polar surface area (TPSA) is 0 Å². The van der Waals surface area contributed by atoms with Crippen LogP contribution in [0, 0.1) is 27.7 Å². The summed E-state index contributed by atoms with van der Waals surface area (Å²) in [5, 5.41) is 5.44. The Kier molecular flexibility index (Phi) is 7.27. The van der Waals surface area contributed by atoms with E-state index in [4.69, 9.17) is 0 Å². The van der Waals surface area contributed by atoms with E-state index in [1.807, 2.05) is 6.92 Å². The molecule has 0 bridgehead atoms. The molecular formula is C24H26Zr. The molecule has 0 aliphatic rings. The van der Waals surface area contributed by atoms with Gasteiger partial charge in [-0.15, -0.1) is 81.2 Å². The Bertz CT molecular complexity index is 888. The number of hydrogen-bond acceptors (Lipinski definition) is 0. The summed E-state index contributed by atoms with van der Waals surface area (Å²) in [7, 11) is 0. The summed E-state index contributed by atoms with van der Waals surface area (Å²) in [6.07, 6.45) is 0. The summed E-state index contributed by atoms with van der Waals surface area (Å²) >= 11 is 1.51. The Morgan fingerprint density at radius 3 is 1.40 bits per heavy atom. The van der Waals surface area contributed by atoms with E-state index in [0.717, 1.165) is 0 Å². The fourth-order valence-electron chi connectivity index (χ4n) is 2.97. The standard InChI is InChI=1S/2C11H11.C2H4.Zr/c2*1-8-3-4-10-6-9(2)7-11(10)5-8;1-2;/h2*3-7H,1-2H3;1H,2H3;/q2*-1;;+2. The van der Waals surface area contributed by atoms with Crippen LogP contribution in [0.1, 0.15) is 29.2 Å². The van der Waals surface area contributed by atoms with E-state index in [0.29, 0.717) is 0 Å². The number of rotatable bonds is 0. The maximum absolute atomic E-state index is 2.22. The monoisotopic (exact) mass is 404 g/mol. The smallest absolute Gasteiger partial charge is 0.0414 e. The molecule has 4 rings (SSSR count). The van der Waals surface area contributed by atoms with E-state index in [1.165, 1.54) is 68.0 Å². The van der Waals surface area contributed by atoms with Gasteiger partial charge in [-0.2, -0.15) is 12.1 Å². The molecule has 0 saturated heterocycles. The fourth-order valence-corrected chi connectivity index (χ4v) is 2.97. The largest absolute Gasteiger partial charge is 0.165 e. The first-order valence-electron chi connectivity index (χ1n) is 8.65. The van der Waals surface area contributed by atoms with Gasteiger partial charge in [-0.25, -0.2) is 0 Å². The van der Waals surface area contributed by atoms with Crippen molar-refractivity contribution in [2.75, 3.05) is 0 Å². The predicted octanol–water partition coefficient (Wildman–Crippen LogP) is 6.71. The van der Waals surface area contributed by atoms with E-state index in [1.54, 1.807) is 0 Å². The first-order valence-corrected chi connectivity index (χ1v) is 10.1. The Morgan fingerprint density at radius 1 is 0.680 bits per heavy atom. The van der Waals surface area contributed by atoms with Gasteiger partial charge in [0.15, 0.2) is 0 Å². The molecular weight excluding hydrogens is 379 g/mol. The predicted molar refractivity (Wildman–Crippen MR) is 110 cm³/mol. The van der Waals surface area contributed by atoms with E-state index in [-0.39, 0.29) is 0 Å². The molecule has 0 fully saturated rings. The maximum atomic E-state index is 2.22. The van der Waals surface area contributed by atoms with Gasteiger partial charge in [0.2, 0.25) is 0 Å². The van der Waals surface area contributed by atoms with Crippen molar-refractivity contribution in [3.8, 4) is 0 Å². The van der Waals surface area contributed by atoms with Crippen LogP contribution in [-0.4, -0.2) is 3.71 Å². The van der Waals surface area contributed by atoms with E-state index < -0.39 is 0 Å². The summed E-state index contributed by atoms with van der Waals surface area (Å²) in [5.74, 6) is 0. The number of hydrogen-bond donors (Lipinski definition) is 0. The summed E-state index contributed by atoms with van der Waals surface area (Å²) in [4.78, 5) is 0. The minimum atomic E-state index is 1.34. The zero-order chi connectivity index (χ0) is 18.4. The van der Waals surface area contributed by atoms with Gasteiger partial charge >= 0.3 is 34.9 Å². The van der Waals surface area contributed by atoms with Crippen LogP contribution in [0.25, 0.3) is 21.5 Å². The molecule has 0 aliphatic heterocycles. The average molecular weight is 406 g/mol. The number of fused-ring (bicyclic) bond motifs is 2. The number of aryl methyl sites for hydroxylation is 4. The summed E-state index contributed by atoms with van der Waals surface area (Å²) < 4.78 is 2.09. The molecule has 0 aromatic heterocycles. The zero-order valence-corrected chi connectivity index (χ0v) is 18.3. The molecule has 4 aromatic carbocycles. The first kappa shape index (κ1) is 19.7. The van der Waals surface area contributed by atoms with Gasteiger partial charge in [0, 0.05) is 0 Å². The van der Waals surface area contributed by atoms with Crippen LogP contribution in [0.5, 0.6) is 0 Å². The molecule has 0 heterocycles. The fraction of sp³-hybridized carbons (Fsp3) is 0.208. The van der Waals surface area contributed by atoms with Crippen molar-refractivity contribution in [3.63, 3.8) is 0 Å². The Hall–Kier alpha value is -1.59. The van der Waals surface area contributed by atoms with Crippen molar-refractivity contribution in [3.05, 3.63) is 82.9 Å². The Balaban J connectivity index is 0.000000156. The van der Waals surface area contributed by atoms with Gasteiger partial charge in [0.25, 0.3) is 0 Å². The summed E-state index contributed by atoms with van der Waals surface area (Å²) in [5.41, 5.74) is 5.38.